The normalized spacial score (nSPS) is 13.5. The zero-order valence-electron chi connectivity index (χ0n) is 12.3. The molecule has 22 heavy (non-hydrogen) atoms. The summed E-state index contributed by atoms with van der Waals surface area (Å²) in [5.74, 6) is -0.485. The van der Waals surface area contributed by atoms with Crippen LogP contribution in [-0.4, -0.2) is 22.8 Å². The fourth-order valence-corrected chi connectivity index (χ4v) is 2.11. The quantitative estimate of drug-likeness (QED) is 0.910. The van der Waals surface area contributed by atoms with Gasteiger partial charge in [0.25, 0.3) is 11.8 Å². The second-order valence-electron chi connectivity index (χ2n) is 5.50. The molecule has 1 fully saturated rings. The molecule has 0 saturated heterocycles. The largest absolute Gasteiger partial charge is 0.349 e. The maximum absolute atomic E-state index is 12.2. The number of amides is 2. The highest BCUT2D eigenvalue weighted by atomic mass is 16.2. The Morgan fingerprint density at radius 2 is 1.95 bits per heavy atom. The van der Waals surface area contributed by atoms with Crippen molar-refractivity contribution in [3.63, 3.8) is 0 Å². The third-order valence-electron chi connectivity index (χ3n) is 3.44. The van der Waals surface area contributed by atoms with Crippen LogP contribution in [0.15, 0.2) is 42.6 Å². The molecular weight excluding hydrogens is 278 g/mol. The third-order valence-corrected chi connectivity index (χ3v) is 3.44. The second-order valence-corrected chi connectivity index (χ2v) is 5.50. The van der Waals surface area contributed by atoms with Gasteiger partial charge in [-0.2, -0.15) is 0 Å². The molecule has 0 aliphatic heterocycles. The maximum atomic E-state index is 12.2. The predicted octanol–water partition coefficient (Wildman–Crippen LogP) is 2.53. The maximum Gasteiger partial charge on any atom is 0.274 e. The van der Waals surface area contributed by atoms with Crippen molar-refractivity contribution in [1.82, 2.24) is 10.3 Å². The van der Waals surface area contributed by atoms with Crippen molar-refractivity contribution < 1.29 is 9.59 Å². The highest BCUT2D eigenvalue weighted by molar-refractivity contribution is 6.04. The molecule has 1 aliphatic carbocycles. The molecule has 0 bridgehead atoms. The molecule has 2 amide bonds. The fourth-order valence-electron chi connectivity index (χ4n) is 2.11. The first-order valence-electron chi connectivity index (χ1n) is 7.27. The summed E-state index contributed by atoms with van der Waals surface area (Å²) >= 11 is 0. The summed E-state index contributed by atoms with van der Waals surface area (Å²) in [7, 11) is 0. The minimum atomic E-state index is -0.327. The van der Waals surface area contributed by atoms with Gasteiger partial charge in [0, 0.05) is 23.5 Å². The molecule has 3 rings (SSSR count). The lowest BCUT2D eigenvalue weighted by atomic mass is 10.2. The third kappa shape index (κ3) is 3.49. The number of nitrogens with zero attached hydrogens (tertiary/aromatic N) is 1. The highest BCUT2D eigenvalue weighted by Crippen LogP contribution is 2.19. The Bertz CT molecular complexity index is 723. The van der Waals surface area contributed by atoms with E-state index < -0.39 is 0 Å². The first-order valence-corrected chi connectivity index (χ1v) is 7.27. The Hall–Kier alpha value is -2.69. The van der Waals surface area contributed by atoms with Crippen LogP contribution >= 0.6 is 0 Å². The Balaban J connectivity index is 1.73. The number of aryl methyl sites for hydroxylation is 1. The van der Waals surface area contributed by atoms with Gasteiger partial charge >= 0.3 is 0 Å². The van der Waals surface area contributed by atoms with Crippen molar-refractivity contribution in [2.45, 2.75) is 25.8 Å². The first kappa shape index (κ1) is 14.3. The van der Waals surface area contributed by atoms with Crippen molar-refractivity contribution in [2.75, 3.05) is 5.32 Å². The Morgan fingerprint density at radius 1 is 1.14 bits per heavy atom. The average molecular weight is 295 g/mol. The molecule has 1 aromatic heterocycles. The number of pyridine rings is 1. The van der Waals surface area contributed by atoms with Gasteiger partial charge in [0.05, 0.1) is 0 Å². The average Bonchev–Trinajstić information content (AvgIpc) is 3.31. The monoisotopic (exact) mass is 295 g/mol. The molecule has 5 heteroatoms. The van der Waals surface area contributed by atoms with E-state index >= 15 is 0 Å². The molecule has 2 aromatic rings. The van der Waals surface area contributed by atoms with Gasteiger partial charge in [0.15, 0.2) is 0 Å². The lowest BCUT2D eigenvalue weighted by molar-refractivity contribution is 0.0951. The van der Waals surface area contributed by atoms with Gasteiger partial charge in [-0.1, -0.05) is 12.1 Å². The molecule has 1 aliphatic rings. The number of carbonyl (C=O) groups is 2. The van der Waals surface area contributed by atoms with Crippen LogP contribution in [0, 0.1) is 6.92 Å². The van der Waals surface area contributed by atoms with Crippen LogP contribution < -0.4 is 10.6 Å². The summed E-state index contributed by atoms with van der Waals surface area (Å²) in [6, 6.07) is 10.9. The van der Waals surface area contributed by atoms with E-state index in [0.717, 1.165) is 18.4 Å². The molecular formula is C17H17N3O2. The number of hydrogen-bond donors (Lipinski definition) is 2. The fraction of sp³-hybridized carbons (Fsp3) is 0.235. The summed E-state index contributed by atoms with van der Waals surface area (Å²) in [6.45, 7) is 1.96. The molecule has 112 valence electrons. The van der Waals surface area contributed by atoms with Crippen LogP contribution in [0.3, 0.4) is 0 Å². The summed E-state index contributed by atoms with van der Waals surface area (Å²) in [4.78, 5) is 28.3. The molecule has 0 atom stereocenters. The van der Waals surface area contributed by atoms with Crippen molar-refractivity contribution in [2.24, 2.45) is 0 Å². The van der Waals surface area contributed by atoms with E-state index in [1.54, 1.807) is 6.07 Å². The van der Waals surface area contributed by atoms with E-state index in [0.29, 0.717) is 11.3 Å². The van der Waals surface area contributed by atoms with E-state index in [1.807, 2.05) is 31.2 Å². The number of anilines is 1. The van der Waals surface area contributed by atoms with Crippen molar-refractivity contribution in [3.05, 3.63) is 59.4 Å². The van der Waals surface area contributed by atoms with Crippen LogP contribution in [0.1, 0.15) is 39.3 Å². The number of benzene rings is 1. The predicted molar refractivity (Wildman–Crippen MR) is 83.9 cm³/mol. The topological polar surface area (TPSA) is 71.1 Å². The molecule has 1 heterocycles. The number of carbonyl (C=O) groups excluding carboxylic acids is 2. The minimum Gasteiger partial charge on any atom is -0.349 e. The molecule has 0 radical (unpaired) electrons. The smallest absolute Gasteiger partial charge is 0.274 e. The zero-order chi connectivity index (χ0) is 15.5. The Kier molecular flexibility index (Phi) is 3.87. The highest BCUT2D eigenvalue weighted by Gasteiger charge is 2.24. The molecule has 0 spiro atoms. The molecule has 1 saturated carbocycles. The lowest BCUT2D eigenvalue weighted by Gasteiger charge is -2.07. The van der Waals surface area contributed by atoms with Gasteiger partial charge in [0.1, 0.15) is 5.69 Å². The van der Waals surface area contributed by atoms with Gasteiger partial charge in [-0.15, -0.1) is 0 Å². The first-order chi connectivity index (χ1) is 10.6. The summed E-state index contributed by atoms with van der Waals surface area (Å²) in [5, 5.41) is 5.68. The standard InChI is InChI=1S/C17H17N3O2/c1-11-3-2-4-14(9-11)20-17(22)15-10-12(7-8-18-15)16(21)19-13-5-6-13/h2-4,7-10,13H,5-6H2,1H3,(H,19,21)(H,20,22). The van der Waals surface area contributed by atoms with Crippen molar-refractivity contribution >= 4 is 17.5 Å². The van der Waals surface area contributed by atoms with Crippen LogP contribution in [0.5, 0.6) is 0 Å². The Morgan fingerprint density at radius 3 is 2.68 bits per heavy atom. The number of aromatic nitrogens is 1. The van der Waals surface area contributed by atoms with E-state index in [1.165, 1.54) is 12.3 Å². The van der Waals surface area contributed by atoms with Crippen molar-refractivity contribution in [3.8, 4) is 0 Å². The number of hydrogen-bond acceptors (Lipinski definition) is 3. The number of nitrogens with one attached hydrogen (secondary N) is 2. The van der Waals surface area contributed by atoms with E-state index in [-0.39, 0.29) is 23.6 Å². The van der Waals surface area contributed by atoms with Crippen LogP contribution in [0.4, 0.5) is 5.69 Å². The lowest BCUT2D eigenvalue weighted by Crippen LogP contribution is -2.26. The minimum absolute atomic E-state index is 0.158. The molecule has 0 unspecified atom stereocenters. The van der Waals surface area contributed by atoms with Crippen LogP contribution in [-0.2, 0) is 0 Å². The summed E-state index contributed by atoms with van der Waals surface area (Å²) in [5.41, 5.74) is 2.45. The van der Waals surface area contributed by atoms with Crippen LogP contribution in [0.2, 0.25) is 0 Å². The molecule has 5 nitrogen and oxygen atoms in total. The number of rotatable bonds is 4. The summed E-state index contributed by atoms with van der Waals surface area (Å²) in [6.07, 6.45) is 3.53. The SMILES string of the molecule is Cc1cccc(NC(=O)c2cc(C(=O)NC3CC3)ccn2)c1. The van der Waals surface area contributed by atoms with Gasteiger partial charge in [-0.05, 0) is 49.6 Å². The molecule has 1 aromatic carbocycles. The van der Waals surface area contributed by atoms with Gasteiger partial charge in [-0.3, -0.25) is 14.6 Å². The van der Waals surface area contributed by atoms with Crippen LogP contribution in [0.25, 0.3) is 0 Å². The van der Waals surface area contributed by atoms with Crippen molar-refractivity contribution in [1.29, 1.82) is 0 Å². The van der Waals surface area contributed by atoms with E-state index in [2.05, 4.69) is 15.6 Å². The van der Waals surface area contributed by atoms with Gasteiger partial charge < -0.3 is 10.6 Å². The second kappa shape index (κ2) is 5.97. The summed E-state index contributed by atoms with van der Waals surface area (Å²) < 4.78 is 0. The van der Waals surface area contributed by atoms with Gasteiger partial charge in [0.2, 0.25) is 0 Å². The van der Waals surface area contributed by atoms with E-state index in [4.69, 9.17) is 0 Å². The molecule has 2 N–H and O–H groups in total. The van der Waals surface area contributed by atoms with E-state index in [9.17, 15) is 9.59 Å². The zero-order valence-corrected chi connectivity index (χ0v) is 12.3. The van der Waals surface area contributed by atoms with Gasteiger partial charge in [-0.25, -0.2) is 0 Å². The Labute approximate surface area is 128 Å².